The molecule has 2 aromatic rings. The lowest BCUT2D eigenvalue weighted by atomic mass is 10.1. The number of hydrogen-bond acceptors (Lipinski definition) is 4. The number of benzene rings is 1. The summed E-state index contributed by atoms with van der Waals surface area (Å²) in [7, 11) is -0.421. The van der Waals surface area contributed by atoms with Crippen LogP contribution in [0.5, 0.6) is 0 Å². The van der Waals surface area contributed by atoms with Gasteiger partial charge in [0.05, 0.1) is 5.56 Å². The van der Waals surface area contributed by atoms with E-state index in [0.717, 1.165) is 11.1 Å². The Hall–Kier alpha value is -1.90. The van der Waals surface area contributed by atoms with Gasteiger partial charge in [-0.05, 0) is 19.1 Å². The molecule has 1 aliphatic heterocycles. The molecule has 0 spiro atoms. The maximum Gasteiger partial charge on any atom is 0.281 e. The van der Waals surface area contributed by atoms with Gasteiger partial charge in [0.2, 0.25) is 0 Å². The van der Waals surface area contributed by atoms with Gasteiger partial charge in [-0.15, -0.1) is 0 Å². The van der Waals surface area contributed by atoms with Gasteiger partial charge in [-0.1, -0.05) is 12.1 Å². The topological polar surface area (TPSA) is 74.1 Å². The summed E-state index contributed by atoms with van der Waals surface area (Å²) in [5.74, 6) is 0.629. The van der Waals surface area contributed by atoms with Crippen molar-refractivity contribution in [1.82, 2.24) is 13.5 Å². The van der Waals surface area contributed by atoms with Crippen molar-refractivity contribution in [1.29, 1.82) is 0 Å². The van der Waals surface area contributed by atoms with Crippen LogP contribution in [0.25, 0.3) is 11.0 Å². The molecule has 1 aliphatic rings. The third kappa shape index (κ3) is 2.92. The summed E-state index contributed by atoms with van der Waals surface area (Å²) in [6, 6.07) is 7.38. The van der Waals surface area contributed by atoms with Crippen molar-refractivity contribution in [2.45, 2.75) is 6.92 Å². The van der Waals surface area contributed by atoms with Gasteiger partial charge in [0, 0.05) is 45.7 Å². The number of piperazine rings is 1. The van der Waals surface area contributed by atoms with E-state index in [4.69, 9.17) is 4.42 Å². The highest BCUT2D eigenvalue weighted by Crippen LogP contribution is 2.24. The van der Waals surface area contributed by atoms with Crippen LogP contribution < -0.4 is 0 Å². The summed E-state index contributed by atoms with van der Waals surface area (Å²) in [6.07, 6.45) is 0. The Bertz CT molecular complexity index is 865. The Balaban J connectivity index is 1.78. The van der Waals surface area contributed by atoms with E-state index >= 15 is 0 Å². The van der Waals surface area contributed by atoms with Crippen LogP contribution in [-0.4, -0.2) is 68.1 Å². The molecule has 1 fully saturated rings. The fourth-order valence-corrected chi connectivity index (χ4v) is 3.97. The monoisotopic (exact) mass is 351 g/mol. The molecule has 8 heteroatoms. The predicted octanol–water partition coefficient (Wildman–Crippen LogP) is 1.31. The first-order valence-electron chi connectivity index (χ1n) is 7.77. The van der Waals surface area contributed by atoms with Crippen molar-refractivity contribution in [3.05, 3.63) is 35.6 Å². The molecule has 0 bridgehead atoms. The largest absolute Gasteiger partial charge is 0.461 e. The highest BCUT2D eigenvalue weighted by atomic mass is 32.2. The minimum atomic E-state index is -3.43. The number of amides is 1. The number of fused-ring (bicyclic) bond motifs is 1. The van der Waals surface area contributed by atoms with Gasteiger partial charge in [0.25, 0.3) is 16.1 Å². The van der Waals surface area contributed by atoms with Crippen LogP contribution in [0.4, 0.5) is 0 Å². The maximum atomic E-state index is 12.8. The summed E-state index contributed by atoms with van der Waals surface area (Å²) >= 11 is 0. The maximum absolute atomic E-state index is 12.8. The number of carbonyl (C=O) groups is 1. The third-order valence-electron chi connectivity index (χ3n) is 4.21. The summed E-state index contributed by atoms with van der Waals surface area (Å²) in [5.41, 5.74) is 1.10. The smallest absolute Gasteiger partial charge is 0.281 e. The highest BCUT2D eigenvalue weighted by Gasteiger charge is 2.31. The van der Waals surface area contributed by atoms with Gasteiger partial charge < -0.3 is 9.32 Å². The highest BCUT2D eigenvalue weighted by molar-refractivity contribution is 7.86. The molecule has 1 aromatic heterocycles. The number of carbonyl (C=O) groups excluding carboxylic acids is 1. The van der Waals surface area contributed by atoms with Crippen LogP contribution in [0, 0.1) is 6.92 Å². The van der Waals surface area contributed by atoms with E-state index in [1.807, 2.05) is 25.1 Å². The summed E-state index contributed by atoms with van der Waals surface area (Å²) in [6.45, 7) is 3.15. The van der Waals surface area contributed by atoms with Crippen molar-refractivity contribution in [3.8, 4) is 0 Å². The molecule has 2 heterocycles. The van der Waals surface area contributed by atoms with Gasteiger partial charge in [-0.2, -0.15) is 17.0 Å². The molecule has 0 unspecified atom stereocenters. The Morgan fingerprint density at radius 2 is 1.83 bits per heavy atom. The molecule has 3 rings (SSSR count). The SMILES string of the molecule is Cc1cc2cccc(C(=O)N3CCN(S(=O)(=O)N(C)C)CC3)c2o1. The van der Waals surface area contributed by atoms with Crippen LogP contribution >= 0.6 is 0 Å². The number of aryl methyl sites for hydroxylation is 1. The standard InChI is InChI=1S/C16H21N3O4S/c1-12-11-13-5-4-6-14(15(13)23-12)16(20)18-7-9-19(10-8-18)24(21,22)17(2)3/h4-6,11H,7-10H2,1-3H3. The molecule has 0 N–H and O–H groups in total. The van der Waals surface area contributed by atoms with Crippen LogP contribution in [0.15, 0.2) is 28.7 Å². The van der Waals surface area contributed by atoms with Crippen molar-refractivity contribution in [2.24, 2.45) is 0 Å². The second kappa shape index (κ2) is 6.19. The lowest BCUT2D eigenvalue weighted by Crippen LogP contribution is -2.53. The van der Waals surface area contributed by atoms with Crippen molar-refractivity contribution >= 4 is 27.1 Å². The van der Waals surface area contributed by atoms with E-state index in [1.165, 1.54) is 22.7 Å². The molecule has 24 heavy (non-hydrogen) atoms. The molecular formula is C16H21N3O4S. The van der Waals surface area contributed by atoms with Crippen LogP contribution in [0.1, 0.15) is 16.1 Å². The molecule has 0 radical (unpaired) electrons. The molecule has 7 nitrogen and oxygen atoms in total. The normalized spacial score (nSPS) is 16.9. The Labute approximate surface area is 141 Å². The molecule has 1 amide bonds. The second-order valence-electron chi connectivity index (χ2n) is 6.06. The fraction of sp³-hybridized carbons (Fsp3) is 0.438. The molecule has 0 saturated carbocycles. The molecule has 1 aromatic carbocycles. The first kappa shape index (κ1) is 16.9. The number of para-hydroxylation sites is 1. The zero-order valence-electron chi connectivity index (χ0n) is 14.0. The molecule has 0 aliphatic carbocycles. The van der Waals surface area contributed by atoms with E-state index in [9.17, 15) is 13.2 Å². The van der Waals surface area contributed by atoms with Crippen molar-refractivity contribution in [3.63, 3.8) is 0 Å². The fourth-order valence-electron chi connectivity index (χ4n) is 2.88. The molecular weight excluding hydrogens is 330 g/mol. The van der Waals surface area contributed by atoms with E-state index in [-0.39, 0.29) is 5.91 Å². The quantitative estimate of drug-likeness (QED) is 0.836. The zero-order chi connectivity index (χ0) is 17.5. The Morgan fingerprint density at radius 1 is 1.17 bits per heavy atom. The molecule has 1 saturated heterocycles. The van der Waals surface area contributed by atoms with Crippen molar-refractivity contribution < 1.29 is 17.6 Å². The van der Waals surface area contributed by atoms with Crippen LogP contribution in [-0.2, 0) is 10.2 Å². The lowest BCUT2D eigenvalue weighted by molar-refractivity contribution is 0.0696. The number of hydrogen-bond donors (Lipinski definition) is 0. The van der Waals surface area contributed by atoms with Crippen LogP contribution in [0.2, 0.25) is 0 Å². The summed E-state index contributed by atoms with van der Waals surface area (Å²) in [4.78, 5) is 14.5. The second-order valence-corrected chi connectivity index (χ2v) is 8.20. The van der Waals surface area contributed by atoms with Gasteiger partial charge in [0.15, 0.2) is 0 Å². The van der Waals surface area contributed by atoms with E-state index < -0.39 is 10.2 Å². The van der Waals surface area contributed by atoms with Gasteiger partial charge >= 0.3 is 0 Å². The molecule has 0 atom stereocenters. The third-order valence-corrected chi connectivity index (χ3v) is 6.15. The van der Waals surface area contributed by atoms with Crippen LogP contribution in [0.3, 0.4) is 0 Å². The van der Waals surface area contributed by atoms with E-state index in [1.54, 1.807) is 11.0 Å². The van der Waals surface area contributed by atoms with Gasteiger partial charge in [-0.25, -0.2) is 0 Å². The number of rotatable bonds is 3. The minimum absolute atomic E-state index is 0.128. The zero-order valence-corrected chi connectivity index (χ0v) is 14.8. The summed E-state index contributed by atoms with van der Waals surface area (Å²) in [5, 5.41) is 0.896. The van der Waals surface area contributed by atoms with Gasteiger partial charge in [0.1, 0.15) is 11.3 Å². The Morgan fingerprint density at radius 3 is 2.46 bits per heavy atom. The average molecular weight is 351 g/mol. The first-order chi connectivity index (χ1) is 11.3. The summed E-state index contributed by atoms with van der Waals surface area (Å²) < 4.78 is 32.5. The lowest BCUT2D eigenvalue weighted by Gasteiger charge is -2.35. The average Bonchev–Trinajstić information content (AvgIpc) is 2.94. The van der Waals surface area contributed by atoms with Crippen molar-refractivity contribution in [2.75, 3.05) is 40.3 Å². The number of furan rings is 1. The first-order valence-corrected chi connectivity index (χ1v) is 9.16. The number of nitrogens with zero attached hydrogens (tertiary/aromatic N) is 3. The Kier molecular flexibility index (Phi) is 4.37. The van der Waals surface area contributed by atoms with E-state index in [0.29, 0.717) is 37.3 Å². The van der Waals surface area contributed by atoms with Gasteiger partial charge in [-0.3, -0.25) is 4.79 Å². The minimum Gasteiger partial charge on any atom is -0.461 e. The predicted molar refractivity (Wildman–Crippen MR) is 91.0 cm³/mol. The molecule has 130 valence electrons. The van der Waals surface area contributed by atoms with E-state index in [2.05, 4.69) is 0 Å².